The molecule has 112 valence electrons. The molecule has 0 saturated heterocycles. The lowest BCUT2D eigenvalue weighted by Crippen LogP contribution is -2.10. The van der Waals surface area contributed by atoms with Gasteiger partial charge in [0, 0.05) is 0 Å². The molecule has 0 fully saturated rings. The van der Waals surface area contributed by atoms with Crippen molar-refractivity contribution in [3.8, 4) is 11.1 Å². The van der Waals surface area contributed by atoms with Gasteiger partial charge in [-0.3, -0.25) is 14.1 Å². The summed E-state index contributed by atoms with van der Waals surface area (Å²) in [6.07, 6.45) is 1.37. The molecular weight excluding hydrogens is 306 g/mol. The maximum atomic E-state index is 12.4. The summed E-state index contributed by atoms with van der Waals surface area (Å²) >= 11 is 0. The second-order valence-corrected chi connectivity index (χ2v) is 5.78. The van der Waals surface area contributed by atoms with E-state index in [0.717, 1.165) is 0 Å². The van der Waals surface area contributed by atoms with Crippen molar-refractivity contribution < 1.29 is 17.4 Å². The van der Waals surface area contributed by atoms with Crippen LogP contribution in [0.25, 0.3) is 22.1 Å². The summed E-state index contributed by atoms with van der Waals surface area (Å²) in [6.45, 7) is 0. The van der Waals surface area contributed by atoms with E-state index in [0.29, 0.717) is 22.1 Å². The molecule has 2 N–H and O–H groups in total. The molecule has 2 aromatic carbocycles. The summed E-state index contributed by atoms with van der Waals surface area (Å²) in [5.41, 5.74) is 1.48. The Morgan fingerprint density at radius 3 is 2.36 bits per heavy atom. The molecule has 0 saturated carbocycles. The zero-order chi connectivity index (χ0) is 15.7. The summed E-state index contributed by atoms with van der Waals surface area (Å²) in [6, 6.07) is 12.9. The summed E-state index contributed by atoms with van der Waals surface area (Å²) in [5.74, 6) is 0. The van der Waals surface area contributed by atoms with Crippen LogP contribution in [0.5, 0.6) is 0 Å². The fourth-order valence-corrected chi connectivity index (χ4v) is 2.58. The van der Waals surface area contributed by atoms with E-state index < -0.39 is 10.3 Å². The highest BCUT2D eigenvalue weighted by Gasteiger charge is 2.09. The van der Waals surface area contributed by atoms with Crippen molar-refractivity contribution in [1.29, 1.82) is 0 Å². The van der Waals surface area contributed by atoms with E-state index in [2.05, 4.69) is 0 Å². The molecule has 3 rings (SSSR count). The molecule has 0 spiro atoms. The van der Waals surface area contributed by atoms with Crippen LogP contribution in [0.2, 0.25) is 0 Å². The third-order valence-corrected chi connectivity index (χ3v) is 3.62. The van der Waals surface area contributed by atoms with Gasteiger partial charge in [0.05, 0.1) is 16.6 Å². The van der Waals surface area contributed by atoms with Gasteiger partial charge in [-0.25, -0.2) is 0 Å². The average Bonchev–Trinajstić information content (AvgIpc) is 2.47. The minimum Gasteiger partial charge on any atom is -0.463 e. The van der Waals surface area contributed by atoms with Crippen LogP contribution in [0, 0.1) is 0 Å². The first-order chi connectivity index (χ1) is 10.4. The second kappa shape index (κ2) is 5.28. The molecule has 6 nitrogen and oxygen atoms in total. The minimum atomic E-state index is -4.32. The Labute approximate surface area is 125 Å². The summed E-state index contributed by atoms with van der Waals surface area (Å²) in [4.78, 5) is 12.4. The maximum absolute atomic E-state index is 12.4. The van der Waals surface area contributed by atoms with Crippen LogP contribution in [0.15, 0.2) is 64.0 Å². The lowest BCUT2D eigenvalue weighted by atomic mass is 10.1. The van der Waals surface area contributed by atoms with Crippen molar-refractivity contribution in [2.75, 3.05) is 4.72 Å². The van der Waals surface area contributed by atoms with Crippen molar-refractivity contribution in [3.63, 3.8) is 0 Å². The second-order valence-electron chi connectivity index (χ2n) is 4.63. The monoisotopic (exact) mass is 317 g/mol. The quantitative estimate of drug-likeness (QED) is 0.724. The van der Waals surface area contributed by atoms with Gasteiger partial charge < -0.3 is 4.42 Å². The van der Waals surface area contributed by atoms with Gasteiger partial charge in [0.1, 0.15) is 11.8 Å². The Hall–Kier alpha value is -2.64. The zero-order valence-electron chi connectivity index (χ0n) is 11.2. The van der Waals surface area contributed by atoms with E-state index in [1.807, 2.05) is 4.72 Å². The van der Waals surface area contributed by atoms with Crippen LogP contribution >= 0.6 is 0 Å². The van der Waals surface area contributed by atoms with Crippen LogP contribution in [-0.2, 0) is 10.3 Å². The summed E-state index contributed by atoms with van der Waals surface area (Å²) in [7, 11) is -4.32. The highest BCUT2D eigenvalue weighted by Crippen LogP contribution is 2.21. The van der Waals surface area contributed by atoms with Crippen molar-refractivity contribution in [2.24, 2.45) is 0 Å². The first-order valence-corrected chi connectivity index (χ1v) is 7.74. The number of para-hydroxylation sites is 1. The van der Waals surface area contributed by atoms with Gasteiger partial charge in [-0.05, 0) is 29.8 Å². The number of hydrogen-bond donors (Lipinski definition) is 2. The van der Waals surface area contributed by atoms with Gasteiger partial charge in [0.25, 0.3) is 0 Å². The van der Waals surface area contributed by atoms with Crippen molar-refractivity contribution in [2.45, 2.75) is 0 Å². The number of nitrogens with one attached hydrogen (secondary N) is 1. The lowest BCUT2D eigenvalue weighted by molar-refractivity contribution is 0.489. The van der Waals surface area contributed by atoms with Gasteiger partial charge in [0.2, 0.25) is 0 Å². The van der Waals surface area contributed by atoms with E-state index in [1.165, 1.54) is 18.4 Å². The molecule has 3 aromatic rings. The van der Waals surface area contributed by atoms with Gasteiger partial charge in [-0.2, -0.15) is 8.42 Å². The summed E-state index contributed by atoms with van der Waals surface area (Å²) in [5, 5.41) is 0.472. The van der Waals surface area contributed by atoms with Gasteiger partial charge in [0.15, 0.2) is 5.43 Å². The molecule has 0 amide bonds. The Bertz CT molecular complexity index is 990. The number of fused-ring (bicyclic) bond motifs is 1. The maximum Gasteiger partial charge on any atom is 0.357 e. The Morgan fingerprint density at radius 1 is 1.00 bits per heavy atom. The highest BCUT2D eigenvalue weighted by molar-refractivity contribution is 7.87. The fraction of sp³-hybridized carbons (Fsp3) is 0. The molecule has 22 heavy (non-hydrogen) atoms. The Balaban J connectivity index is 2.05. The van der Waals surface area contributed by atoms with E-state index in [9.17, 15) is 13.2 Å². The van der Waals surface area contributed by atoms with E-state index in [-0.39, 0.29) is 11.1 Å². The van der Waals surface area contributed by atoms with E-state index in [1.54, 1.807) is 36.4 Å². The fourth-order valence-electron chi connectivity index (χ4n) is 2.14. The standard InChI is InChI=1S/C15H11NO5S/c17-15-12-3-1-2-4-14(12)21-9-13(15)10-5-7-11(8-6-10)16-22(18,19)20/h1-9,16H,(H,18,19,20). The molecule has 0 unspecified atom stereocenters. The average molecular weight is 317 g/mol. The predicted molar refractivity (Wildman–Crippen MR) is 83.1 cm³/mol. The zero-order valence-corrected chi connectivity index (χ0v) is 12.0. The Kier molecular flexibility index (Phi) is 3.44. The van der Waals surface area contributed by atoms with Gasteiger partial charge in [-0.1, -0.05) is 24.3 Å². The predicted octanol–water partition coefficient (Wildman–Crippen LogP) is 2.67. The molecular formula is C15H11NO5S. The number of anilines is 1. The number of benzene rings is 2. The lowest BCUT2D eigenvalue weighted by Gasteiger charge is -2.05. The first kappa shape index (κ1) is 14.3. The molecule has 1 heterocycles. The highest BCUT2D eigenvalue weighted by atomic mass is 32.2. The first-order valence-electron chi connectivity index (χ1n) is 6.30. The van der Waals surface area contributed by atoms with Crippen LogP contribution in [0.1, 0.15) is 0 Å². The topological polar surface area (TPSA) is 96.6 Å². The van der Waals surface area contributed by atoms with Crippen molar-refractivity contribution in [3.05, 3.63) is 65.0 Å². The van der Waals surface area contributed by atoms with Crippen LogP contribution in [0.3, 0.4) is 0 Å². The van der Waals surface area contributed by atoms with Crippen molar-refractivity contribution >= 4 is 27.0 Å². The molecule has 0 atom stereocenters. The third-order valence-electron chi connectivity index (χ3n) is 3.12. The van der Waals surface area contributed by atoms with E-state index in [4.69, 9.17) is 8.97 Å². The molecule has 7 heteroatoms. The van der Waals surface area contributed by atoms with Crippen molar-refractivity contribution in [1.82, 2.24) is 0 Å². The van der Waals surface area contributed by atoms with Crippen LogP contribution in [0.4, 0.5) is 5.69 Å². The minimum absolute atomic E-state index is 0.169. The third kappa shape index (κ3) is 2.85. The Morgan fingerprint density at radius 2 is 1.68 bits per heavy atom. The van der Waals surface area contributed by atoms with E-state index >= 15 is 0 Å². The van der Waals surface area contributed by atoms with Crippen LogP contribution < -0.4 is 10.2 Å². The SMILES string of the molecule is O=c1c(-c2ccc(NS(=O)(=O)O)cc2)coc2ccccc12. The molecule has 1 aromatic heterocycles. The van der Waals surface area contributed by atoms with Gasteiger partial charge >= 0.3 is 10.3 Å². The van der Waals surface area contributed by atoms with Gasteiger partial charge in [-0.15, -0.1) is 0 Å². The molecule has 0 bridgehead atoms. The number of rotatable bonds is 3. The largest absolute Gasteiger partial charge is 0.463 e. The van der Waals surface area contributed by atoms with Crippen LogP contribution in [-0.4, -0.2) is 13.0 Å². The molecule has 0 aliphatic carbocycles. The molecule has 0 aliphatic rings. The summed E-state index contributed by atoms with van der Waals surface area (Å²) < 4.78 is 37.6. The molecule has 0 radical (unpaired) electrons. The normalized spacial score (nSPS) is 11.5. The molecule has 0 aliphatic heterocycles. The number of hydrogen-bond acceptors (Lipinski definition) is 4. The smallest absolute Gasteiger partial charge is 0.357 e.